The number of aromatic hydroxyl groups is 1. The van der Waals surface area contributed by atoms with Crippen molar-refractivity contribution in [2.24, 2.45) is 0 Å². The van der Waals surface area contributed by atoms with E-state index in [1.165, 1.54) is 11.3 Å². The molecule has 0 aliphatic carbocycles. The number of aromatic nitrogens is 4. The van der Waals surface area contributed by atoms with Gasteiger partial charge in [0.1, 0.15) is 5.01 Å². The number of carbonyl (C=O) groups excluding carboxylic acids is 1. The Morgan fingerprint density at radius 3 is 2.69 bits per heavy atom. The van der Waals surface area contributed by atoms with Crippen LogP contribution in [-0.2, 0) is 0 Å². The van der Waals surface area contributed by atoms with Crippen LogP contribution in [-0.4, -0.2) is 31.0 Å². The average molecular weight is 371 g/mol. The Balaban J connectivity index is 1.95. The van der Waals surface area contributed by atoms with Gasteiger partial charge < -0.3 is 5.11 Å². The molecule has 2 aromatic heterocycles. The van der Waals surface area contributed by atoms with Crippen molar-refractivity contribution in [1.82, 2.24) is 20.0 Å². The van der Waals surface area contributed by atoms with Gasteiger partial charge in [-0.15, -0.1) is 10.2 Å². The second-order valence-corrected chi connectivity index (χ2v) is 7.03. The molecule has 0 atom stereocenters. The molecule has 0 saturated carbocycles. The predicted molar refractivity (Wildman–Crippen MR) is 98.2 cm³/mol. The molecule has 0 saturated heterocycles. The number of hydrogen-bond acceptors (Lipinski definition) is 7. The van der Waals surface area contributed by atoms with E-state index in [0.29, 0.717) is 10.8 Å². The predicted octanol–water partition coefficient (Wildman–Crippen LogP) is 2.47. The number of aryl methyl sites for hydroxylation is 1. The molecule has 8 nitrogen and oxygen atoms in total. The number of amides is 1. The Labute approximate surface area is 153 Å². The van der Waals surface area contributed by atoms with Crippen molar-refractivity contribution >= 4 is 22.4 Å². The standard InChI is InChI=1S/C17H17N5O3S/c1-9(2)16-19-20-17(26-16)18-15(25)14-12(23)8-13(24)22(21-14)11-6-4-5-10(3)7-11/h4-9,23H,1-3H3,(H,18,20,25). The van der Waals surface area contributed by atoms with Gasteiger partial charge in [0.2, 0.25) is 5.13 Å². The van der Waals surface area contributed by atoms with Crippen molar-refractivity contribution in [2.45, 2.75) is 26.7 Å². The average Bonchev–Trinajstić information content (AvgIpc) is 3.03. The maximum Gasteiger partial charge on any atom is 0.281 e. The third-order valence-electron chi connectivity index (χ3n) is 3.53. The van der Waals surface area contributed by atoms with E-state index in [4.69, 9.17) is 0 Å². The highest BCUT2D eigenvalue weighted by atomic mass is 32.1. The summed E-state index contributed by atoms with van der Waals surface area (Å²) in [5.41, 5.74) is 0.627. The van der Waals surface area contributed by atoms with Crippen LogP contribution in [0.4, 0.5) is 5.13 Å². The number of anilines is 1. The first-order valence-electron chi connectivity index (χ1n) is 7.90. The van der Waals surface area contributed by atoms with Crippen LogP contribution in [0.1, 0.15) is 40.8 Å². The van der Waals surface area contributed by atoms with Gasteiger partial charge in [-0.25, -0.2) is 0 Å². The second-order valence-electron chi connectivity index (χ2n) is 6.02. The maximum atomic E-state index is 12.5. The summed E-state index contributed by atoms with van der Waals surface area (Å²) < 4.78 is 1.07. The van der Waals surface area contributed by atoms with Crippen LogP contribution in [0.5, 0.6) is 5.75 Å². The zero-order chi connectivity index (χ0) is 18.8. The van der Waals surface area contributed by atoms with Crippen molar-refractivity contribution in [3.63, 3.8) is 0 Å². The highest BCUT2D eigenvalue weighted by Crippen LogP contribution is 2.23. The number of nitrogens with one attached hydrogen (secondary N) is 1. The number of hydrogen-bond donors (Lipinski definition) is 2. The SMILES string of the molecule is Cc1cccc(-n2nc(C(=O)Nc3nnc(C(C)C)s3)c(O)cc2=O)c1. The molecule has 0 radical (unpaired) electrons. The second kappa shape index (κ2) is 7.04. The normalized spacial score (nSPS) is 10.9. The van der Waals surface area contributed by atoms with E-state index in [2.05, 4.69) is 20.6 Å². The zero-order valence-electron chi connectivity index (χ0n) is 14.4. The largest absolute Gasteiger partial charge is 0.505 e. The number of benzene rings is 1. The first-order chi connectivity index (χ1) is 12.3. The molecule has 134 valence electrons. The molecule has 1 aromatic carbocycles. The van der Waals surface area contributed by atoms with Gasteiger partial charge >= 0.3 is 0 Å². The van der Waals surface area contributed by atoms with Gasteiger partial charge in [-0.2, -0.15) is 9.78 Å². The van der Waals surface area contributed by atoms with Crippen LogP contribution in [0.15, 0.2) is 35.1 Å². The monoisotopic (exact) mass is 371 g/mol. The molecule has 26 heavy (non-hydrogen) atoms. The van der Waals surface area contributed by atoms with E-state index >= 15 is 0 Å². The van der Waals surface area contributed by atoms with Gasteiger partial charge in [-0.1, -0.05) is 37.3 Å². The smallest absolute Gasteiger partial charge is 0.281 e. The first kappa shape index (κ1) is 17.7. The lowest BCUT2D eigenvalue weighted by molar-refractivity contribution is 0.101. The van der Waals surface area contributed by atoms with E-state index in [0.717, 1.165) is 21.3 Å². The Morgan fingerprint density at radius 1 is 1.27 bits per heavy atom. The molecule has 2 N–H and O–H groups in total. The molecule has 0 unspecified atom stereocenters. The number of carbonyl (C=O) groups is 1. The first-order valence-corrected chi connectivity index (χ1v) is 8.72. The Bertz CT molecular complexity index is 1030. The Kier molecular flexibility index (Phi) is 4.81. The number of nitrogens with zero attached hydrogens (tertiary/aromatic N) is 4. The van der Waals surface area contributed by atoms with Gasteiger partial charge in [0.15, 0.2) is 11.4 Å². The quantitative estimate of drug-likeness (QED) is 0.729. The van der Waals surface area contributed by atoms with E-state index in [-0.39, 0.29) is 11.6 Å². The Hall–Kier alpha value is -3.07. The fourth-order valence-corrected chi connectivity index (χ4v) is 2.97. The molecule has 1 amide bonds. The lowest BCUT2D eigenvalue weighted by Crippen LogP contribution is -2.25. The summed E-state index contributed by atoms with van der Waals surface area (Å²) in [7, 11) is 0. The van der Waals surface area contributed by atoms with Crippen LogP contribution in [0.2, 0.25) is 0 Å². The minimum atomic E-state index is -0.671. The molecule has 2 heterocycles. The molecule has 0 aliphatic rings. The van der Waals surface area contributed by atoms with Gasteiger partial charge in [-0.3, -0.25) is 14.9 Å². The topological polar surface area (TPSA) is 110 Å². The molecule has 3 rings (SSSR count). The van der Waals surface area contributed by atoms with Crippen molar-refractivity contribution in [1.29, 1.82) is 0 Å². The third-order valence-corrected chi connectivity index (χ3v) is 4.67. The molecule has 0 bridgehead atoms. The molecule has 3 aromatic rings. The van der Waals surface area contributed by atoms with Gasteiger partial charge in [0.25, 0.3) is 11.5 Å². The third kappa shape index (κ3) is 3.62. The van der Waals surface area contributed by atoms with E-state index in [1.807, 2.05) is 26.8 Å². The van der Waals surface area contributed by atoms with E-state index < -0.39 is 17.2 Å². The van der Waals surface area contributed by atoms with Crippen LogP contribution < -0.4 is 10.9 Å². The van der Waals surface area contributed by atoms with Crippen LogP contribution >= 0.6 is 11.3 Å². The summed E-state index contributed by atoms with van der Waals surface area (Å²) in [6.07, 6.45) is 0. The lowest BCUT2D eigenvalue weighted by Gasteiger charge is -2.09. The maximum absolute atomic E-state index is 12.5. The fraction of sp³-hybridized carbons (Fsp3) is 0.235. The van der Waals surface area contributed by atoms with Crippen molar-refractivity contribution in [3.05, 3.63) is 57.0 Å². The highest BCUT2D eigenvalue weighted by Gasteiger charge is 2.19. The van der Waals surface area contributed by atoms with Crippen LogP contribution in [0, 0.1) is 6.92 Å². The highest BCUT2D eigenvalue weighted by molar-refractivity contribution is 7.15. The minimum absolute atomic E-state index is 0.188. The summed E-state index contributed by atoms with van der Waals surface area (Å²) in [6, 6.07) is 8.07. The van der Waals surface area contributed by atoms with E-state index in [1.54, 1.807) is 18.2 Å². The van der Waals surface area contributed by atoms with Crippen molar-refractivity contribution < 1.29 is 9.90 Å². The lowest BCUT2D eigenvalue weighted by atomic mass is 10.2. The summed E-state index contributed by atoms with van der Waals surface area (Å²) in [5, 5.41) is 25.5. The summed E-state index contributed by atoms with van der Waals surface area (Å²) >= 11 is 1.24. The summed E-state index contributed by atoms with van der Waals surface area (Å²) in [5.74, 6) is -0.978. The van der Waals surface area contributed by atoms with Gasteiger partial charge in [0.05, 0.1) is 5.69 Å². The van der Waals surface area contributed by atoms with Crippen LogP contribution in [0.3, 0.4) is 0 Å². The minimum Gasteiger partial charge on any atom is -0.505 e. The van der Waals surface area contributed by atoms with Crippen molar-refractivity contribution in [3.8, 4) is 11.4 Å². The number of rotatable bonds is 4. The van der Waals surface area contributed by atoms with Gasteiger partial charge in [0, 0.05) is 12.0 Å². The summed E-state index contributed by atoms with van der Waals surface area (Å²) in [4.78, 5) is 24.6. The molecule has 0 fully saturated rings. The molecular weight excluding hydrogens is 354 g/mol. The van der Waals surface area contributed by atoms with Crippen molar-refractivity contribution in [2.75, 3.05) is 5.32 Å². The molecule has 0 spiro atoms. The molecule has 9 heteroatoms. The zero-order valence-corrected chi connectivity index (χ0v) is 15.2. The molecule has 0 aliphatic heterocycles. The van der Waals surface area contributed by atoms with Crippen LogP contribution in [0.25, 0.3) is 5.69 Å². The van der Waals surface area contributed by atoms with E-state index in [9.17, 15) is 14.7 Å². The molecular formula is C17H17N5O3S. The Morgan fingerprint density at radius 2 is 2.04 bits per heavy atom. The van der Waals surface area contributed by atoms with Gasteiger partial charge in [-0.05, 0) is 24.6 Å². The summed E-state index contributed by atoms with van der Waals surface area (Å²) in [6.45, 7) is 5.82. The fourth-order valence-electron chi connectivity index (χ4n) is 2.23.